The third kappa shape index (κ3) is 7.87. The van der Waals surface area contributed by atoms with Gasteiger partial charge in [-0.3, -0.25) is 0 Å². The predicted octanol–water partition coefficient (Wildman–Crippen LogP) is 15.4. The summed E-state index contributed by atoms with van der Waals surface area (Å²) >= 11 is 6.08. The zero-order valence-electron chi connectivity index (χ0n) is 29.8. The minimum absolute atomic E-state index is 0.988. The van der Waals surface area contributed by atoms with Crippen molar-refractivity contribution in [1.82, 2.24) is 4.57 Å². The topological polar surface area (TPSA) is 4.93 Å². The Labute approximate surface area is 302 Å². The van der Waals surface area contributed by atoms with Gasteiger partial charge in [-0.15, -0.1) is 34.0 Å². The van der Waals surface area contributed by atoms with E-state index in [-0.39, 0.29) is 0 Å². The fraction of sp³-hybridized carbons (Fsp3) is 0.455. The number of thiophene rings is 3. The van der Waals surface area contributed by atoms with Gasteiger partial charge in [0.25, 0.3) is 0 Å². The van der Waals surface area contributed by atoms with Crippen molar-refractivity contribution in [3.05, 3.63) is 82.7 Å². The van der Waals surface area contributed by atoms with Crippen LogP contribution < -0.4 is 0 Å². The van der Waals surface area contributed by atoms with Gasteiger partial charge >= 0.3 is 0 Å². The minimum Gasteiger partial charge on any atom is -0.341 e. The molecule has 0 unspecified atom stereocenters. The van der Waals surface area contributed by atoms with Crippen LogP contribution in [-0.4, -0.2) is 4.57 Å². The molecule has 0 spiro atoms. The first-order valence-corrected chi connectivity index (χ1v) is 21.5. The van der Waals surface area contributed by atoms with Gasteiger partial charge < -0.3 is 4.57 Å². The average Bonchev–Trinajstić information content (AvgIpc) is 3.91. The maximum absolute atomic E-state index is 2.59. The number of hydrogen-bond acceptors (Lipinski definition) is 3. The highest BCUT2D eigenvalue weighted by atomic mass is 32.1. The van der Waals surface area contributed by atoms with Crippen molar-refractivity contribution in [2.45, 2.75) is 131 Å². The van der Waals surface area contributed by atoms with E-state index in [1.807, 2.05) is 11.3 Å². The zero-order valence-corrected chi connectivity index (χ0v) is 32.3. The third-order valence-corrected chi connectivity index (χ3v) is 13.8. The second kappa shape index (κ2) is 17.3. The standard InChI is InChI=1S/C44H55NS3/c1-5-9-12-15-20-32-27-28-46-43(32)40-31-34(22-17-14-11-7-3)44(48-40)41-30-33(21-16-13-10-6-2)42(47-41)35-25-26-39-37(29-35)36-23-18-19-24-38(36)45(39)8-4/h18-19,23-31H,5-17,20-22H2,1-4H3. The van der Waals surface area contributed by atoms with Gasteiger partial charge in [-0.2, -0.15) is 0 Å². The van der Waals surface area contributed by atoms with Crippen LogP contribution >= 0.6 is 34.0 Å². The summed E-state index contributed by atoms with van der Waals surface area (Å²) in [7, 11) is 0. The summed E-state index contributed by atoms with van der Waals surface area (Å²) < 4.78 is 2.47. The molecule has 6 aromatic rings. The molecule has 4 heteroatoms. The maximum Gasteiger partial charge on any atom is 0.0491 e. The highest BCUT2D eigenvalue weighted by molar-refractivity contribution is 7.27. The first-order chi connectivity index (χ1) is 23.7. The molecule has 1 nitrogen and oxygen atoms in total. The predicted molar refractivity (Wildman–Crippen MR) is 219 cm³/mol. The van der Waals surface area contributed by atoms with E-state index in [9.17, 15) is 0 Å². The van der Waals surface area contributed by atoms with E-state index < -0.39 is 0 Å². The van der Waals surface area contributed by atoms with Crippen molar-refractivity contribution < 1.29 is 0 Å². The van der Waals surface area contributed by atoms with Gasteiger partial charge in [-0.25, -0.2) is 0 Å². The monoisotopic (exact) mass is 693 g/mol. The number of para-hydroxylation sites is 1. The van der Waals surface area contributed by atoms with Crippen molar-refractivity contribution in [2.24, 2.45) is 0 Å². The number of fused-ring (bicyclic) bond motifs is 3. The Bertz CT molecular complexity index is 1890. The quantitative estimate of drug-likeness (QED) is 0.0744. The molecule has 4 heterocycles. The van der Waals surface area contributed by atoms with Gasteiger partial charge in [-0.1, -0.05) is 103 Å². The molecule has 0 saturated carbocycles. The summed E-state index contributed by atoms with van der Waals surface area (Å²) in [5.41, 5.74) is 8.76. The van der Waals surface area contributed by atoms with E-state index in [4.69, 9.17) is 0 Å². The van der Waals surface area contributed by atoms with E-state index in [1.54, 1.807) is 16.7 Å². The molecule has 0 radical (unpaired) electrons. The Hall–Kier alpha value is -2.66. The van der Waals surface area contributed by atoms with Gasteiger partial charge in [0, 0.05) is 52.7 Å². The third-order valence-electron chi connectivity index (χ3n) is 10.1. The molecular weight excluding hydrogens is 639 g/mol. The summed E-state index contributed by atoms with van der Waals surface area (Å²) in [6.45, 7) is 10.2. The van der Waals surface area contributed by atoms with E-state index in [1.165, 1.54) is 142 Å². The van der Waals surface area contributed by atoms with Crippen molar-refractivity contribution >= 4 is 55.8 Å². The van der Waals surface area contributed by atoms with Crippen molar-refractivity contribution in [3.8, 4) is 29.9 Å². The molecule has 0 aliphatic heterocycles. The molecule has 0 fully saturated rings. The Morgan fingerprint density at radius 3 is 1.75 bits per heavy atom. The Morgan fingerprint density at radius 1 is 0.500 bits per heavy atom. The van der Waals surface area contributed by atoms with Gasteiger partial charge in [0.2, 0.25) is 0 Å². The fourth-order valence-electron chi connectivity index (χ4n) is 7.42. The van der Waals surface area contributed by atoms with E-state index in [2.05, 4.69) is 121 Å². The van der Waals surface area contributed by atoms with Crippen LogP contribution in [0.5, 0.6) is 0 Å². The number of nitrogens with zero attached hydrogens (tertiary/aromatic N) is 1. The van der Waals surface area contributed by atoms with E-state index in [0.717, 1.165) is 13.0 Å². The molecule has 0 atom stereocenters. The second-order valence-electron chi connectivity index (χ2n) is 13.6. The van der Waals surface area contributed by atoms with Crippen LogP contribution in [0.4, 0.5) is 0 Å². The van der Waals surface area contributed by atoms with Crippen LogP contribution in [0.15, 0.2) is 66.0 Å². The number of benzene rings is 2. The number of aromatic nitrogens is 1. The molecule has 0 N–H and O–H groups in total. The van der Waals surface area contributed by atoms with Crippen molar-refractivity contribution in [2.75, 3.05) is 0 Å². The molecule has 254 valence electrons. The zero-order chi connectivity index (χ0) is 33.3. The van der Waals surface area contributed by atoms with Crippen LogP contribution in [0, 0.1) is 0 Å². The number of hydrogen-bond donors (Lipinski definition) is 0. The number of rotatable bonds is 19. The highest BCUT2D eigenvalue weighted by Crippen LogP contribution is 2.48. The lowest BCUT2D eigenvalue weighted by Gasteiger charge is -2.06. The van der Waals surface area contributed by atoms with Gasteiger partial charge in [0.15, 0.2) is 0 Å². The summed E-state index contributed by atoms with van der Waals surface area (Å²) in [5.74, 6) is 0. The Balaban J connectivity index is 1.41. The smallest absolute Gasteiger partial charge is 0.0491 e. The van der Waals surface area contributed by atoms with Crippen molar-refractivity contribution in [3.63, 3.8) is 0 Å². The molecule has 48 heavy (non-hydrogen) atoms. The molecule has 0 bridgehead atoms. The molecule has 0 aliphatic carbocycles. The molecule has 0 amide bonds. The van der Waals surface area contributed by atoms with Crippen LogP contribution in [0.3, 0.4) is 0 Å². The van der Waals surface area contributed by atoms with Crippen molar-refractivity contribution in [1.29, 1.82) is 0 Å². The molecule has 0 saturated heterocycles. The molecule has 4 aromatic heterocycles. The van der Waals surface area contributed by atoms with E-state index in [0.29, 0.717) is 0 Å². The Morgan fingerprint density at radius 2 is 1.08 bits per heavy atom. The lowest BCUT2D eigenvalue weighted by Crippen LogP contribution is -1.92. The van der Waals surface area contributed by atoms with E-state index >= 15 is 0 Å². The highest BCUT2D eigenvalue weighted by Gasteiger charge is 2.21. The average molecular weight is 694 g/mol. The second-order valence-corrected chi connectivity index (χ2v) is 16.7. The fourth-order valence-corrected chi connectivity index (χ4v) is 11.1. The summed E-state index contributed by atoms with van der Waals surface area (Å²) in [6, 6.07) is 23.8. The minimum atomic E-state index is 0.988. The van der Waals surface area contributed by atoms with Crippen LogP contribution in [0.25, 0.3) is 51.8 Å². The van der Waals surface area contributed by atoms with Gasteiger partial charge in [-0.05, 0) is 109 Å². The largest absolute Gasteiger partial charge is 0.341 e. The normalized spacial score (nSPS) is 11.8. The number of aryl methyl sites for hydroxylation is 4. The summed E-state index contributed by atoms with van der Waals surface area (Å²) in [4.78, 5) is 7.50. The Kier molecular flexibility index (Phi) is 12.7. The lowest BCUT2D eigenvalue weighted by molar-refractivity contribution is 0.667. The first-order valence-electron chi connectivity index (χ1n) is 19.0. The van der Waals surface area contributed by atoms with Crippen LogP contribution in [0.1, 0.15) is 121 Å². The maximum atomic E-state index is 2.59. The summed E-state index contributed by atoms with van der Waals surface area (Å²) in [5, 5.41) is 5.08. The molecule has 0 aliphatic rings. The number of unbranched alkanes of at least 4 members (excludes halogenated alkanes) is 9. The molecular formula is C44H55NS3. The lowest BCUT2D eigenvalue weighted by atomic mass is 10.0. The van der Waals surface area contributed by atoms with Gasteiger partial charge in [0.1, 0.15) is 0 Å². The van der Waals surface area contributed by atoms with Gasteiger partial charge in [0.05, 0.1) is 0 Å². The van der Waals surface area contributed by atoms with Crippen LogP contribution in [0.2, 0.25) is 0 Å². The molecule has 2 aromatic carbocycles. The SMILES string of the molecule is CCCCCCc1cc(-c2sc(-c3sccc3CCCCCC)cc2CCCCCC)sc1-c1ccc2c(c1)c1ccccc1n2CC. The summed E-state index contributed by atoms with van der Waals surface area (Å²) in [6.07, 6.45) is 19.3. The first kappa shape index (κ1) is 35.2. The molecule has 6 rings (SSSR count). The van der Waals surface area contributed by atoms with Crippen LogP contribution in [-0.2, 0) is 25.8 Å².